The van der Waals surface area contributed by atoms with Crippen LogP contribution in [0.3, 0.4) is 0 Å². The molecule has 1 saturated heterocycles. The molecule has 0 unspecified atom stereocenters. The maximum absolute atomic E-state index is 14.0. The average molecular weight is 614 g/mol. The zero-order valence-corrected chi connectivity index (χ0v) is 24.3. The summed E-state index contributed by atoms with van der Waals surface area (Å²) in [5.41, 5.74) is -0.0590. The van der Waals surface area contributed by atoms with E-state index in [0.717, 1.165) is 5.39 Å². The lowest BCUT2D eigenvalue weighted by Gasteiger charge is -2.34. The number of nitro groups is 2. The van der Waals surface area contributed by atoms with Gasteiger partial charge in [0.1, 0.15) is 12.1 Å². The fraction of sp³-hybridized carbons (Fsp3) is 0.267. The molecule has 15 heteroatoms. The molecular weight excluding hydrogens is 586 g/mol. The van der Waals surface area contributed by atoms with E-state index < -0.39 is 27.1 Å². The third kappa shape index (κ3) is 5.28. The topological polar surface area (TPSA) is 178 Å². The summed E-state index contributed by atoms with van der Waals surface area (Å²) in [4.78, 5) is 60.3. The Morgan fingerprint density at radius 2 is 1.49 bits per heavy atom. The Balaban J connectivity index is 1.38. The van der Waals surface area contributed by atoms with Crippen molar-refractivity contribution in [3.05, 3.63) is 108 Å². The van der Waals surface area contributed by atoms with E-state index in [1.165, 1.54) is 57.9 Å². The van der Waals surface area contributed by atoms with E-state index in [1.807, 2.05) is 6.07 Å². The van der Waals surface area contributed by atoms with E-state index in [0.29, 0.717) is 54.3 Å². The lowest BCUT2D eigenvalue weighted by Crippen LogP contribution is -2.46. The van der Waals surface area contributed by atoms with Gasteiger partial charge in [0.05, 0.1) is 47.0 Å². The molecule has 6 rings (SSSR count). The SMILES string of the molecule is COc1cc2ncnc(N3CCC(n4c(=O)c5cc([N+](=O)[O-])ccc5n(Cc5ccc([N+](=O)[O-])cc5)c4=O)CC3)c2cc1OC. The number of ether oxygens (including phenoxy) is 2. The molecule has 1 aliphatic rings. The molecule has 230 valence electrons. The molecule has 0 saturated carbocycles. The molecule has 15 nitrogen and oxygen atoms in total. The first-order valence-corrected chi connectivity index (χ1v) is 14.0. The summed E-state index contributed by atoms with van der Waals surface area (Å²) < 4.78 is 13.4. The van der Waals surface area contributed by atoms with E-state index in [4.69, 9.17) is 9.47 Å². The second-order valence-corrected chi connectivity index (χ2v) is 10.6. The molecule has 5 aromatic rings. The molecule has 1 aliphatic heterocycles. The summed E-state index contributed by atoms with van der Waals surface area (Å²) in [6, 6.07) is 12.6. The van der Waals surface area contributed by atoms with Crippen molar-refractivity contribution < 1.29 is 19.3 Å². The van der Waals surface area contributed by atoms with Gasteiger partial charge in [0.2, 0.25) is 0 Å². The first kappa shape index (κ1) is 29.2. The predicted molar refractivity (Wildman–Crippen MR) is 164 cm³/mol. The van der Waals surface area contributed by atoms with Crippen molar-refractivity contribution in [3.8, 4) is 11.5 Å². The number of benzene rings is 3. The Morgan fingerprint density at radius 3 is 2.13 bits per heavy atom. The summed E-state index contributed by atoms with van der Waals surface area (Å²) in [5.74, 6) is 1.74. The minimum absolute atomic E-state index is 0.00246. The van der Waals surface area contributed by atoms with Crippen molar-refractivity contribution >= 4 is 39.0 Å². The van der Waals surface area contributed by atoms with E-state index in [9.17, 15) is 29.8 Å². The van der Waals surface area contributed by atoms with Gasteiger partial charge in [-0.1, -0.05) is 12.1 Å². The standard InChI is InChI=1S/C30H27N7O8/c1-44-26-14-22-24(15-27(26)45-2)31-17-32-28(22)33-11-9-19(10-12-33)35-29(38)23-13-21(37(42)43)7-8-25(23)34(30(35)39)16-18-3-5-20(6-4-18)36(40)41/h3-8,13-15,17,19H,9-12,16H2,1-2H3. The molecule has 0 atom stereocenters. The number of methoxy groups -OCH3 is 2. The van der Waals surface area contributed by atoms with Crippen LogP contribution in [0, 0.1) is 20.2 Å². The van der Waals surface area contributed by atoms with Crippen LogP contribution in [-0.4, -0.2) is 56.3 Å². The Morgan fingerprint density at radius 1 is 0.844 bits per heavy atom. The van der Waals surface area contributed by atoms with E-state index in [1.54, 1.807) is 20.3 Å². The van der Waals surface area contributed by atoms with Crippen LogP contribution in [0.25, 0.3) is 21.8 Å². The molecular formula is C30H27N7O8. The number of aromatic nitrogens is 4. The predicted octanol–water partition coefficient (Wildman–Crippen LogP) is 3.83. The lowest BCUT2D eigenvalue weighted by atomic mass is 10.0. The van der Waals surface area contributed by atoms with Crippen molar-refractivity contribution in [2.45, 2.75) is 25.4 Å². The van der Waals surface area contributed by atoms with Crippen molar-refractivity contribution in [1.29, 1.82) is 0 Å². The highest BCUT2D eigenvalue weighted by Gasteiger charge is 2.28. The van der Waals surface area contributed by atoms with Gasteiger partial charge in [-0.3, -0.25) is 34.2 Å². The Kier molecular flexibility index (Phi) is 7.58. The molecule has 3 aromatic carbocycles. The zero-order valence-electron chi connectivity index (χ0n) is 24.3. The van der Waals surface area contributed by atoms with E-state index in [2.05, 4.69) is 14.9 Å². The third-order valence-corrected chi connectivity index (χ3v) is 8.10. The molecule has 2 aromatic heterocycles. The minimum atomic E-state index is -0.610. The number of non-ortho nitro benzene ring substituents is 2. The van der Waals surface area contributed by atoms with Crippen LogP contribution in [0.15, 0.2) is 70.5 Å². The highest BCUT2D eigenvalue weighted by molar-refractivity contribution is 5.92. The van der Waals surface area contributed by atoms with E-state index >= 15 is 0 Å². The van der Waals surface area contributed by atoms with Crippen molar-refractivity contribution in [3.63, 3.8) is 0 Å². The van der Waals surface area contributed by atoms with Gasteiger partial charge in [0.25, 0.3) is 16.9 Å². The number of piperidine rings is 1. The number of nitrogens with zero attached hydrogens (tertiary/aromatic N) is 7. The number of rotatable bonds is 8. The molecule has 3 heterocycles. The molecule has 0 spiro atoms. The molecule has 0 bridgehead atoms. The Labute approximate surface area is 254 Å². The van der Waals surface area contributed by atoms with E-state index in [-0.39, 0.29) is 28.8 Å². The minimum Gasteiger partial charge on any atom is -0.493 e. The van der Waals surface area contributed by atoms with Crippen molar-refractivity contribution in [2.75, 3.05) is 32.2 Å². The van der Waals surface area contributed by atoms with Crippen LogP contribution >= 0.6 is 0 Å². The van der Waals surface area contributed by atoms with Gasteiger partial charge < -0.3 is 14.4 Å². The number of hydrogen-bond acceptors (Lipinski definition) is 11. The van der Waals surface area contributed by atoms with Gasteiger partial charge >= 0.3 is 5.69 Å². The molecule has 1 fully saturated rings. The van der Waals surface area contributed by atoms with Gasteiger partial charge in [0.15, 0.2) is 11.5 Å². The highest BCUT2D eigenvalue weighted by atomic mass is 16.6. The maximum atomic E-state index is 14.0. The molecule has 0 radical (unpaired) electrons. The average Bonchev–Trinajstić information content (AvgIpc) is 3.06. The first-order valence-electron chi connectivity index (χ1n) is 14.0. The summed E-state index contributed by atoms with van der Waals surface area (Å²) in [5, 5.41) is 23.5. The molecule has 0 amide bonds. The second-order valence-electron chi connectivity index (χ2n) is 10.6. The second kappa shape index (κ2) is 11.7. The number of anilines is 1. The van der Waals surface area contributed by atoms with Crippen LogP contribution in [0.1, 0.15) is 24.4 Å². The van der Waals surface area contributed by atoms with Gasteiger partial charge in [-0.25, -0.2) is 14.8 Å². The van der Waals surface area contributed by atoms with Crippen molar-refractivity contribution in [2.24, 2.45) is 0 Å². The van der Waals surface area contributed by atoms with Gasteiger partial charge in [-0.05, 0) is 30.5 Å². The summed E-state index contributed by atoms with van der Waals surface area (Å²) in [6.07, 6.45) is 2.31. The fourth-order valence-corrected chi connectivity index (χ4v) is 5.83. The largest absolute Gasteiger partial charge is 0.493 e. The maximum Gasteiger partial charge on any atom is 0.332 e. The lowest BCUT2D eigenvalue weighted by molar-refractivity contribution is -0.385. The summed E-state index contributed by atoms with van der Waals surface area (Å²) >= 11 is 0. The fourth-order valence-electron chi connectivity index (χ4n) is 5.83. The first-order chi connectivity index (χ1) is 21.7. The van der Waals surface area contributed by atoms with Crippen LogP contribution < -0.4 is 25.6 Å². The third-order valence-electron chi connectivity index (χ3n) is 8.10. The van der Waals surface area contributed by atoms with Crippen molar-refractivity contribution in [1.82, 2.24) is 19.1 Å². The quantitative estimate of drug-likeness (QED) is 0.183. The highest BCUT2D eigenvalue weighted by Crippen LogP contribution is 2.36. The zero-order chi connectivity index (χ0) is 31.8. The smallest absolute Gasteiger partial charge is 0.332 e. The van der Waals surface area contributed by atoms with Crippen LogP contribution in [0.5, 0.6) is 11.5 Å². The monoisotopic (exact) mass is 613 g/mol. The van der Waals surface area contributed by atoms with Crippen LogP contribution in [-0.2, 0) is 6.54 Å². The Bertz CT molecular complexity index is 2080. The summed E-state index contributed by atoms with van der Waals surface area (Å²) in [7, 11) is 3.09. The molecule has 0 N–H and O–H groups in total. The van der Waals surface area contributed by atoms with Crippen LogP contribution in [0.4, 0.5) is 17.2 Å². The van der Waals surface area contributed by atoms with Gasteiger partial charge in [-0.2, -0.15) is 0 Å². The number of hydrogen-bond donors (Lipinski definition) is 0. The van der Waals surface area contributed by atoms with Gasteiger partial charge in [0, 0.05) is 54.8 Å². The van der Waals surface area contributed by atoms with Crippen LogP contribution in [0.2, 0.25) is 0 Å². The number of nitro benzene ring substituents is 2. The summed E-state index contributed by atoms with van der Waals surface area (Å²) in [6.45, 7) is 0.932. The number of fused-ring (bicyclic) bond motifs is 2. The normalized spacial score (nSPS) is 13.7. The Hall–Kier alpha value is -5.86. The van der Waals surface area contributed by atoms with Gasteiger partial charge in [-0.15, -0.1) is 0 Å². The molecule has 0 aliphatic carbocycles. The molecule has 45 heavy (non-hydrogen) atoms.